The Morgan fingerprint density at radius 2 is 1.81 bits per heavy atom. The van der Waals surface area contributed by atoms with Crippen LogP contribution in [0.1, 0.15) is 32.6 Å². The second-order valence-corrected chi connectivity index (χ2v) is 7.02. The number of hydrogen-bond acceptors (Lipinski definition) is 2. The number of nitrogens with two attached hydrogens (primary N) is 1. The van der Waals surface area contributed by atoms with E-state index in [0.717, 1.165) is 27.4 Å². The van der Waals surface area contributed by atoms with Crippen LogP contribution in [0.2, 0.25) is 0 Å². The molecule has 1 amide bonds. The van der Waals surface area contributed by atoms with Crippen molar-refractivity contribution in [3.8, 4) is 0 Å². The molecule has 1 aromatic heterocycles. The Bertz CT molecular complexity index is 1190. The van der Waals surface area contributed by atoms with E-state index in [9.17, 15) is 9.90 Å². The zero-order chi connectivity index (χ0) is 19.1. The minimum atomic E-state index is -0.433. The number of fused-ring (bicyclic) bond motifs is 3. The third kappa shape index (κ3) is 2.78. The highest BCUT2D eigenvalue weighted by molar-refractivity contribution is 6.17. The molecule has 4 heteroatoms. The molecular weight excluding hydrogens is 336 g/mol. The fourth-order valence-electron chi connectivity index (χ4n) is 3.82. The molecule has 136 valence electrons. The first-order chi connectivity index (χ1) is 13.0. The number of aryl methyl sites for hydroxylation is 1. The van der Waals surface area contributed by atoms with Crippen LogP contribution in [0, 0.1) is 13.8 Å². The highest BCUT2D eigenvalue weighted by Gasteiger charge is 2.17. The van der Waals surface area contributed by atoms with Gasteiger partial charge in [0.25, 0.3) is 0 Å². The summed E-state index contributed by atoms with van der Waals surface area (Å²) in [5, 5.41) is 11.4. The summed E-state index contributed by atoms with van der Waals surface area (Å²) in [4.78, 5) is 12.0. The molecule has 0 aliphatic carbocycles. The van der Waals surface area contributed by atoms with Gasteiger partial charge >= 0.3 is 0 Å². The molecule has 4 nitrogen and oxygen atoms in total. The average Bonchev–Trinajstić information content (AvgIpc) is 2.98. The molecule has 0 saturated carbocycles. The van der Waals surface area contributed by atoms with Crippen molar-refractivity contribution >= 4 is 27.7 Å². The van der Waals surface area contributed by atoms with E-state index in [1.807, 2.05) is 30.3 Å². The first-order valence-electron chi connectivity index (χ1n) is 9.01. The Morgan fingerprint density at radius 3 is 2.56 bits per heavy atom. The highest BCUT2D eigenvalue weighted by atomic mass is 16.3. The summed E-state index contributed by atoms with van der Waals surface area (Å²) in [6, 6.07) is 17.8. The predicted octanol–water partition coefficient (Wildman–Crippen LogP) is 4.05. The van der Waals surface area contributed by atoms with Crippen LogP contribution < -0.4 is 5.73 Å². The van der Waals surface area contributed by atoms with E-state index in [1.165, 1.54) is 16.7 Å². The van der Waals surface area contributed by atoms with E-state index in [0.29, 0.717) is 12.1 Å². The summed E-state index contributed by atoms with van der Waals surface area (Å²) in [5.74, 6) is -0.433. The van der Waals surface area contributed by atoms with Crippen LogP contribution in [0.3, 0.4) is 0 Å². The summed E-state index contributed by atoms with van der Waals surface area (Å²) in [5.41, 5.74) is 12.7. The van der Waals surface area contributed by atoms with Gasteiger partial charge in [-0.15, -0.1) is 0 Å². The number of primary amides is 1. The Balaban J connectivity index is 2.06. The third-order valence-corrected chi connectivity index (χ3v) is 5.45. The quantitative estimate of drug-likeness (QED) is 0.578. The third-order valence-electron chi connectivity index (χ3n) is 5.45. The number of amides is 1. The van der Waals surface area contributed by atoms with E-state index < -0.39 is 5.91 Å². The van der Waals surface area contributed by atoms with E-state index in [1.54, 1.807) is 6.07 Å². The Labute approximate surface area is 157 Å². The van der Waals surface area contributed by atoms with Crippen LogP contribution in [0.5, 0.6) is 0 Å². The number of aromatic nitrogens is 1. The van der Waals surface area contributed by atoms with Crippen molar-refractivity contribution in [3.05, 3.63) is 82.4 Å². The van der Waals surface area contributed by atoms with Crippen molar-refractivity contribution in [2.24, 2.45) is 5.73 Å². The van der Waals surface area contributed by atoms with E-state index in [4.69, 9.17) is 5.73 Å². The Kier molecular flexibility index (Phi) is 4.21. The maximum absolute atomic E-state index is 12.0. The minimum Gasteiger partial charge on any atom is -0.392 e. The van der Waals surface area contributed by atoms with E-state index in [2.05, 4.69) is 36.6 Å². The van der Waals surface area contributed by atoms with Gasteiger partial charge in [-0.3, -0.25) is 4.79 Å². The van der Waals surface area contributed by atoms with Crippen molar-refractivity contribution in [1.29, 1.82) is 0 Å². The van der Waals surface area contributed by atoms with Gasteiger partial charge in [-0.1, -0.05) is 36.4 Å². The summed E-state index contributed by atoms with van der Waals surface area (Å²) in [7, 11) is 0. The topological polar surface area (TPSA) is 68.2 Å². The largest absolute Gasteiger partial charge is 0.392 e. The average molecular weight is 358 g/mol. The Hall–Kier alpha value is -3.11. The monoisotopic (exact) mass is 358 g/mol. The van der Waals surface area contributed by atoms with Gasteiger partial charge in [0.1, 0.15) is 0 Å². The molecule has 0 unspecified atom stereocenters. The summed E-state index contributed by atoms with van der Waals surface area (Å²) in [6.45, 7) is 4.90. The molecule has 27 heavy (non-hydrogen) atoms. The normalized spacial score (nSPS) is 11.4. The van der Waals surface area contributed by atoms with Crippen molar-refractivity contribution < 1.29 is 9.90 Å². The van der Waals surface area contributed by atoms with Crippen LogP contribution in [-0.2, 0) is 13.2 Å². The first-order valence-corrected chi connectivity index (χ1v) is 9.01. The van der Waals surface area contributed by atoms with Crippen LogP contribution >= 0.6 is 0 Å². The molecule has 0 saturated heterocycles. The van der Waals surface area contributed by atoms with Crippen LogP contribution in [0.25, 0.3) is 21.8 Å². The molecule has 4 rings (SSSR count). The molecule has 3 N–H and O–H groups in total. The molecule has 0 aliphatic heterocycles. The SMILES string of the molecule is Cc1cccc(Cn2c3cc(CO)ccc3c3c(C(N)=O)cccc32)c1C. The van der Waals surface area contributed by atoms with Gasteiger partial charge in [0.05, 0.1) is 12.1 Å². The summed E-state index contributed by atoms with van der Waals surface area (Å²) < 4.78 is 2.21. The number of aliphatic hydroxyl groups is 1. The lowest BCUT2D eigenvalue weighted by atomic mass is 10.0. The van der Waals surface area contributed by atoms with Gasteiger partial charge in [-0.05, 0) is 54.3 Å². The highest BCUT2D eigenvalue weighted by Crippen LogP contribution is 2.33. The van der Waals surface area contributed by atoms with Gasteiger partial charge in [-0.2, -0.15) is 0 Å². The molecular formula is C23H22N2O2. The zero-order valence-electron chi connectivity index (χ0n) is 15.5. The number of carbonyl (C=O) groups is 1. The molecule has 0 bridgehead atoms. The van der Waals surface area contributed by atoms with Gasteiger partial charge in [0.2, 0.25) is 5.91 Å². The van der Waals surface area contributed by atoms with Crippen molar-refractivity contribution in [2.45, 2.75) is 27.0 Å². The second-order valence-electron chi connectivity index (χ2n) is 7.02. The van der Waals surface area contributed by atoms with Crippen molar-refractivity contribution in [2.75, 3.05) is 0 Å². The zero-order valence-corrected chi connectivity index (χ0v) is 15.5. The van der Waals surface area contributed by atoms with Crippen LogP contribution in [0.4, 0.5) is 0 Å². The summed E-state index contributed by atoms with van der Waals surface area (Å²) in [6.07, 6.45) is 0. The van der Waals surface area contributed by atoms with Gasteiger partial charge in [0, 0.05) is 28.4 Å². The second kappa shape index (κ2) is 6.56. The lowest BCUT2D eigenvalue weighted by molar-refractivity contribution is 0.100. The molecule has 0 spiro atoms. The maximum Gasteiger partial charge on any atom is 0.249 e. The van der Waals surface area contributed by atoms with Crippen LogP contribution in [0.15, 0.2) is 54.6 Å². The smallest absolute Gasteiger partial charge is 0.249 e. The molecule has 4 aromatic rings. The number of nitrogens with zero attached hydrogens (tertiary/aromatic N) is 1. The predicted molar refractivity (Wildman–Crippen MR) is 109 cm³/mol. The first kappa shape index (κ1) is 17.3. The number of aliphatic hydroxyl groups excluding tert-OH is 1. The minimum absolute atomic E-state index is 0.0242. The lowest BCUT2D eigenvalue weighted by Crippen LogP contribution is -2.11. The van der Waals surface area contributed by atoms with Crippen LogP contribution in [-0.4, -0.2) is 15.6 Å². The number of benzene rings is 3. The fourth-order valence-corrected chi connectivity index (χ4v) is 3.82. The Morgan fingerprint density at radius 1 is 1.04 bits per heavy atom. The standard InChI is InChI=1S/C23H22N2O2/c1-14-5-3-6-17(15(14)2)12-25-20-8-4-7-19(23(24)27)22(20)18-10-9-16(13-26)11-21(18)25/h3-11,26H,12-13H2,1-2H3,(H2,24,27). The maximum atomic E-state index is 12.0. The molecule has 0 radical (unpaired) electrons. The fraction of sp³-hybridized carbons (Fsp3) is 0.174. The molecule has 0 atom stereocenters. The number of rotatable bonds is 4. The molecule has 0 aliphatic rings. The summed E-state index contributed by atoms with van der Waals surface area (Å²) >= 11 is 0. The molecule has 3 aromatic carbocycles. The molecule has 0 fully saturated rings. The van der Waals surface area contributed by atoms with E-state index in [-0.39, 0.29) is 6.61 Å². The van der Waals surface area contributed by atoms with Gasteiger partial charge < -0.3 is 15.4 Å². The van der Waals surface area contributed by atoms with Gasteiger partial charge in [0.15, 0.2) is 0 Å². The lowest BCUT2D eigenvalue weighted by Gasteiger charge is -2.12. The number of carbonyl (C=O) groups excluding carboxylic acids is 1. The molecule has 1 heterocycles. The number of hydrogen-bond donors (Lipinski definition) is 2. The van der Waals surface area contributed by atoms with Crippen molar-refractivity contribution in [3.63, 3.8) is 0 Å². The van der Waals surface area contributed by atoms with Gasteiger partial charge in [-0.25, -0.2) is 0 Å². The van der Waals surface area contributed by atoms with E-state index >= 15 is 0 Å². The van der Waals surface area contributed by atoms with Crippen molar-refractivity contribution in [1.82, 2.24) is 4.57 Å².